The van der Waals surface area contributed by atoms with E-state index in [0.717, 1.165) is 0 Å². The molecule has 1 heterocycles. The summed E-state index contributed by atoms with van der Waals surface area (Å²) < 4.78 is 10.6. The number of carbonyl (C=O) groups is 1. The van der Waals surface area contributed by atoms with Crippen molar-refractivity contribution in [2.24, 2.45) is 0 Å². The van der Waals surface area contributed by atoms with Crippen LogP contribution in [0.15, 0.2) is 0 Å². The van der Waals surface area contributed by atoms with Crippen LogP contribution >= 0.6 is 0 Å². The summed E-state index contributed by atoms with van der Waals surface area (Å²) in [7, 11) is 0. The highest BCUT2D eigenvalue weighted by molar-refractivity contribution is 5.76. The number of hydrogen-bond donors (Lipinski definition) is 1. The molecule has 0 bridgehead atoms. The van der Waals surface area contributed by atoms with Crippen molar-refractivity contribution in [2.45, 2.75) is 32.2 Å². The first-order valence-corrected chi connectivity index (χ1v) is 3.98. The Kier molecular flexibility index (Phi) is 2.82. The first-order chi connectivity index (χ1) is 5.56. The minimum atomic E-state index is -0.820. The van der Waals surface area contributed by atoms with Gasteiger partial charge in [-0.15, -0.1) is 0 Å². The summed E-state index contributed by atoms with van der Waals surface area (Å²) in [5, 5.41) is 8.74. The average molecular weight is 174 g/mol. The Bertz CT molecular complexity index is 180. The Labute approximate surface area is 71.5 Å². The van der Waals surface area contributed by atoms with Gasteiger partial charge in [-0.3, -0.25) is 4.79 Å². The normalized spacial score (nSPS) is 35.4. The molecule has 2 atom stereocenters. The Hall–Kier alpha value is -0.450. The van der Waals surface area contributed by atoms with Crippen LogP contribution in [0.3, 0.4) is 0 Å². The highest BCUT2D eigenvalue weighted by atomic mass is 16.7. The van der Waals surface area contributed by atoms with Crippen LogP contribution in [-0.2, 0) is 14.3 Å². The molecule has 1 N–H and O–H groups in total. The third kappa shape index (κ3) is 2.27. The molecule has 0 aromatic carbocycles. The van der Waals surface area contributed by atoms with Gasteiger partial charge in [0.15, 0.2) is 5.79 Å². The second kappa shape index (κ2) is 3.51. The van der Waals surface area contributed by atoms with E-state index >= 15 is 0 Å². The lowest BCUT2D eigenvalue weighted by Gasteiger charge is -2.21. The van der Waals surface area contributed by atoms with Crippen molar-refractivity contribution in [3.63, 3.8) is 0 Å². The zero-order chi connectivity index (χ0) is 9.19. The van der Waals surface area contributed by atoms with Gasteiger partial charge in [0.2, 0.25) is 0 Å². The van der Waals surface area contributed by atoms with Crippen molar-refractivity contribution >= 4 is 5.78 Å². The van der Waals surface area contributed by atoms with E-state index in [1.165, 1.54) is 6.92 Å². The van der Waals surface area contributed by atoms with E-state index in [1.54, 1.807) is 6.92 Å². The maximum atomic E-state index is 10.8. The van der Waals surface area contributed by atoms with Gasteiger partial charge in [-0.25, -0.2) is 0 Å². The van der Waals surface area contributed by atoms with Gasteiger partial charge in [0.05, 0.1) is 19.6 Å². The summed E-state index contributed by atoms with van der Waals surface area (Å²) in [5.74, 6) is -0.796. The van der Waals surface area contributed by atoms with Crippen molar-refractivity contribution in [3.8, 4) is 0 Å². The van der Waals surface area contributed by atoms with Gasteiger partial charge in [0, 0.05) is 0 Å². The number of ether oxygens (including phenoxy) is 2. The maximum absolute atomic E-state index is 10.8. The molecule has 1 aliphatic heterocycles. The third-order valence-electron chi connectivity index (χ3n) is 1.76. The van der Waals surface area contributed by atoms with Crippen LogP contribution < -0.4 is 0 Å². The van der Waals surface area contributed by atoms with Gasteiger partial charge >= 0.3 is 0 Å². The van der Waals surface area contributed by atoms with Crippen molar-refractivity contribution in [3.05, 3.63) is 0 Å². The molecule has 0 radical (unpaired) electrons. The van der Waals surface area contributed by atoms with Gasteiger partial charge in [-0.2, -0.15) is 0 Å². The Morgan fingerprint density at radius 2 is 2.42 bits per heavy atom. The fraction of sp³-hybridized carbons (Fsp3) is 0.875. The Morgan fingerprint density at radius 1 is 1.75 bits per heavy atom. The molecule has 1 fully saturated rings. The largest absolute Gasteiger partial charge is 0.394 e. The molecular formula is C8H14O4. The molecule has 0 amide bonds. The molecule has 0 spiro atoms. The molecule has 0 aromatic heterocycles. The molecule has 70 valence electrons. The van der Waals surface area contributed by atoms with Crippen LogP contribution in [0.5, 0.6) is 0 Å². The first kappa shape index (κ1) is 9.64. The minimum absolute atomic E-state index is 0.0242. The topological polar surface area (TPSA) is 55.8 Å². The summed E-state index contributed by atoms with van der Waals surface area (Å²) in [6, 6.07) is 0. The van der Waals surface area contributed by atoms with Crippen molar-refractivity contribution in [1.82, 2.24) is 0 Å². The zero-order valence-electron chi connectivity index (χ0n) is 7.37. The predicted octanol–water partition coefficient (Wildman–Crippen LogP) is 0.0894. The van der Waals surface area contributed by atoms with Crippen LogP contribution in [0.1, 0.15) is 20.3 Å². The molecular weight excluding hydrogens is 160 g/mol. The van der Waals surface area contributed by atoms with Crippen LogP contribution in [-0.4, -0.2) is 36.0 Å². The van der Waals surface area contributed by atoms with Gasteiger partial charge in [0.1, 0.15) is 11.9 Å². The minimum Gasteiger partial charge on any atom is -0.394 e. The lowest BCUT2D eigenvalue weighted by atomic mass is 10.2. The van der Waals surface area contributed by atoms with Gasteiger partial charge < -0.3 is 14.6 Å². The quantitative estimate of drug-likeness (QED) is 0.658. The van der Waals surface area contributed by atoms with E-state index < -0.39 is 5.79 Å². The van der Waals surface area contributed by atoms with Crippen molar-refractivity contribution < 1.29 is 19.4 Å². The second-order valence-electron chi connectivity index (χ2n) is 3.25. The van der Waals surface area contributed by atoms with E-state index in [1.807, 2.05) is 0 Å². The van der Waals surface area contributed by atoms with E-state index in [9.17, 15) is 4.79 Å². The summed E-state index contributed by atoms with van der Waals surface area (Å²) in [4.78, 5) is 10.8. The summed E-state index contributed by atoms with van der Waals surface area (Å²) >= 11 is 0. The molecule has 0 unspecified atom stereocenters. The summed E-state index contributed by atoms with van der Waals surface area (Å²) in [6.07, 6.45) is -0.0434. The molecule has 1 saturated heterocycles. The van der Waals surface area contributed by atoms with Crippen LogP contribution in [0.2, 0.25) is 0 Å². The molecule has 0 saturated carbocycles. The fourth-order valence-corrected chi connectivity index (χ4v) is 1.32. The van der Waals surface area contributed by atoms with Crippen LogP contribution in [0, 0.1) is 0 Å². The SMILES string of the molecule is CC(=O)C[C@@]1(C)OC[C@H](CO)O1. The highest BCUT2D eigenvalue weighted by Gasteiger charge is 2.37. The molecule has 1 rings (SSSR count). The number of Topliss-reactive ketones (excluding diaryl/α,β-unsaturated/α-hetero) is 1. The van der Waals surface area contributed by atoms with Gasteiger partial charge in [-0.1, -0.05) is 0 Å². The van der Waals surface area contributed by atoms with Crippen molar-refractivity contribution in [2.75, 3.05) is 13.2 Å². The van der Waals surface area contributed by atoms with Gasteiger partial charge in [0.25, 0.3) is 0 Å². The molecule has 12 heavy (non-hydrogen) atoms. The van der Waals surface area contributed by atoms with Crippen LogP contribution in [0.25, 0.3) is 0 Å². The average Bonchev–Trinajstić information content (AvgIpc) is 2.30. The molecule has 4 nitrogen and oxygen atoms in total. The predicted molar refractivity (Wildman–Crippen MR) is 41.6 cm³/mol. The van der Waals surface area contributed by atoms with Crippen LogP contribution in [0.4, 0.5) is 0 Å². The van der Waals surface area contributed by atoms with Gasteiger partial charge in [-0.05, 0) is 13.8 Å². The number of carbonyl (C=O) groups excluding carboxylic acids is 1. The Morgan fingerprint density at radius 3 is 2.83 bits per heavy atom. The second-order valence-corrected chi connectivity index (χ2v) is 3.25. The lowest BCUT2D eigenvalue weighted by molar-refractivity contribution is -0.167. The molecule has 0 aromatic rings. The van der Waals surface area contributed by atoms with E-state index in [4.69, 9.17) is 14.6 Å². The zero-order valence-corrected chi connectivity index (χ0v) is 7.37. The number of ketones is 1. The third-order valence-corrected chi connectivity index (χ3v) is 1.76. The summed E-state index contributed by atoms with van der Waals surface area (Å²) in [5.41, 5.74) is 0. The fourth-order valence-electron chi connectivity index (χ4n) is 1.32. The van der Waals surface area contributed by atoms with E-state index in [0.29, 0.717) is 6.61 Å². The summed E-state index contributed by atoms with van der Waals surface area (Å²) in [6.45, 7) is 3.50. The standard InChI is InChI=1S/C8H14O4/c1-6(10)3-8(2)11-5-7(4-9)12-8/h7,9H,3-5H2,1-2H3/t7-,8-/m0/s1. The molecule has 1 aliphatic rings. The van der Waals surface area contributed by atoms with E-state index in [2.05, 4.69) is 0 Å². The number of aliphatic hydroxyl groups excluding tert-OH is 1. The molecule has 0 aliphatic carbocycles. The number of hydrogen-bond acceptors (Lipinski definition) is 4. The highest BCUT2D eigenvalue weighted by Crippen LogP contribution is 2.26. The molecule has 4 heteroatoms. The monoisotopic (exact) mass is 174 g/mol. The number of rotatable bonds is 3. The maximum Gasteiger partial charge on any atom is 0.173 e. The van der Waals surface area contributed by atoms with Crippen molar-refractivity contribution in [1.29, 1.82) is 0 Å². The smallest absolute Gasteiger partial charge is 0.173 e. The lowest BCUT2D eigenvalue weighted by Crippen LogP contribution is -2.29. The first-order valence-electron chi connectivity index (χ1n) is 3.98. The van der Waals surface area contributed by atoms with E-state index in [-0.39, 0.29) is 24.9 Å². The Balaban J connectivity index is 2.46. The number of aliphatic hydroxyl groups is 1.